The number of nitrogens with one attached hydrogen (secondary N) is 1. The minimum Gasteiger partial charge on any atom is -0.508 e. The number of benzene rings is 2. The van der Waals surface area contributed by atoms with E-state index in [1.807, 2.05) is 0 Å². The van der Waals surface area contributed by atoms with E-state index in [0.29, 0.717) is 18.7 Å². The highest BCUT2D eigenvalue weighted by Gasteiger charge is 2.41. The van der Waals surface area contributed by atoms with Crippen molar-refractivity contribution in [1.82, 2.24) is 9.88 Å². The maximum atomic E-state index is 13.0. The van der Waals surface area contributed by atoms with Gasteiger partial charge < -0.3 is 14.8 Å². The zero-order valence-corrected chi connectivity index (χ0v) is 13.8. The van der Waals surface area contributed by atoms with Gasteiger partial charge >= 0.3 is 6.18 Å². The molecule has 0 spiro atoms. The van der Waals surface area contributed by atoms with Gasteiger partial charge in [0.15, 0.2) is 0 Å². The van der Waals surface area contributed by atoms with E-state index in [1.165, 1.54) is 11.0 Å². The van der Waals surface area contributed by atoms with E-state index in [9.17, 15) is 23.1 Å². The van der Waals surface area contributed by atoms with Crippen molar-refractivity contribution >= 4 is 16.8 Å². The van der Waals surface area contributed by atoms with Gasteiger partial charge in [0, 0.05) is 17.4 Å². The van der Waals surface area contributed by atoms with Crippen LogP contribution in [0.4, 0.5) is 13.2 Å². The molecule has 27 heavy (non-hydrogen) atoms. The summed E-state index contributed by atoms with van der Waals surface area (Å²) >= 11 is 0. The minimum atomic E-state index is -4.53. The van der Waals surface area contributed by atoms with Crippen LogP contribution in [0.5, 0.6) is 11.5 Å². The van der Waals surface area contributed by atoms with Crippen molar-refractivity contribution in [3.63, 3.8) is 0 Å². The SMILES string of the molecule is O=C1c2cc(C(F)(F)F)ccc2OC2c3[nH]c4ccc(O)cc4c3CCN12. The zero-order valence-electron chi connectivity index (χ0n) is 13.8. The summed E-state index contributed by atoms with van der Waals surface area (Å²) in [5, 5.41) is 10.6. The number of aromatic hydroxyl groups is 1. The summed E-state index contributed by atoms with van der Waals surface area (Å²) in [5.74, 6) is -0.222. The molecule has 2 aromatic carbocycles. The number of halogens is 3. The normalized spacial score (nSPS) is 18.7. The number of hydrogen-bond donors (Lipinski definition) is 2. The lowest BCUT2D eigenvalue weighted by molar-refractivity contribution is -0.137. The van der Waals surface area contributed by atoms with Gasteiger partial charge in [-0.3, -0.25) is 9.69 Å². The van der Waals surface area contributed by atoms with Crippen LogP contribution in [0.2, 0.25) is 0 Å². The number of rotatable bonds is 0. The van der Waals surface area contributed by atoms with Crippen molar-refractivity contribution < 1.29 is 27.8 Å². The molecule has 0 radical (unpaired) electrons. The summed E-state index contributed by atoms with van der Waals surface area (Å²) in [7, 11) is 0. The number of amides is 1. The monoisotopic (exact) mass is 374 g/mol. The molecule has 0 saturated carbocycles. The molecule has 2 aliphatic heterocycles. The molecule has 0 aliphatic carbocycles. The summed E-state index contributed by atoms with van der Waals surface area (Å²) in [6.45, 7) is 0.314. The molecular weight excluding hydrogens is 361 g/mol. The van der Waals surface area contributed by atoms with Crippen molar-refractivity contribution in [3.8, 4) is 11.5 Å². The molecule has 5 nitrogen and oxygen atoms in total. The first kappa shape index (κ1) is 16.0. The first-order valence-electron chi connectivity index (χ1n) is 8.35. The largest absolute Gasteiger partial charge is 0.508 e. The number of nitrogens with zero attached hydrogens (tertiary/aromatic N) is 1. The highest BCUT2D eigenvalue weighted by molar-refractivity contribution is 5.99. The number of hydrogen-bond acceptors (Lipinski definition) is 3. The van der Waals surface area contributed by atoms with E-state index in [0.717, 1.165) is 28.6 Å². The molecular formula is C19H13F3N2O3. The number of alkyl halides is 3. The highest BCUT2D eigenvalue weighted by Crippen LogP contribution is 2.43. The van der Waals surface area contributed by atoms with Crippen molar-refractivity contribution in [1.29, 1.82) is 0 Å². The highest BCUT2D eigenvalue weighted by atomic mass is 19.4. The maximum absolute atomic E-state index is 13.0. The van der Waals surface area contributed by atoms with Gasteiger partial charge in [-0.05, 0) is 48.4 Å². The van der Waals surface area contributed by atoms with Gasteiger partial charge in [-0.2, -0.15) is 13.2 Å². The summed E-state index contributed by atoms with van der Waals surface area (Å²) < 4.78 is 44.8. The number of aromatic nitrogens is 1. The number of fused-ring (bicyclic) bond motifs is 6. The van der Waals surface area contributed by atoms with Crippen LogP contribution in [0, 0.1) is 0 Å². The summed E-state index contributed by atoms with van der Waals surface area (Å²) in [5.41, 5.74) is 1.45. The van der Waals surface area contributed by atoms with Crippen molar-refractivity contribution in [3.05, 3.63) is 58.8 Å². The van der Waals surface area contributed by atoms with E-state index in [4.69, 9.17) is 4.74 Å². The average molecular weight is 374 g/mol. The molecule has 5 rings (SSSR count). The fourth-order valence-electron chi connectivity index (χ4n) is 3.82. The van der Waals surface area contributed by atoms with E-state index in [1.54, 1.807) is 18.2 Å². The van der Waals surface area contributed by atoms with Crippen molar-refractivity contribution in [2.24, 2.45) is 0 Å². The van der Waals surface area contributed by atoms with E-state index < -0.39 is 23.9 Å². The van der Waals surface area contributed by atoms with Crippen molar-refractivity contribution in [2.75, 3.05) is 6.54 Å². The molecule has 8 heteroatoms. The van der Waals surface area contributed by atoms with Crippen LogP contribution >= 0.6 is 0 Å². The fourth-order valence-corrected chi connectivity index (χ4v) is 3.82. The lowest BCUT2D eigenvalue weighted by Gasteiger charge is -2.39. The smallest absolute Gasteiger partial charge is 0.416 e. The first-order valence-corrected chi connectivity index (χ1v) is 8.35. The molecule has 2 N–H and O–H groups in total. The Labute approximate surface area is 151 Å². The van der Waals surface area contributed by atoms with Crippen LogP contribution in [-0.4, -0.2) is 27.4 Å². The number of phenolic OH excluding ortho intramolecular Hbond substituents is 1. The fraction of sp³-hybridized carbons (Fsp3) is 0.211. The number of H-pyrrole nitrogens is 1. The second-order valence-electron chi connectivity index (χ2n) is 6.67. The van der Waals surface area contributed by atoms with Gasteiger partial charge in [-0.25, -0.2) is 0 Å². The van der Waals surface area contributed by atoms with Crippen LogP contribution in [0.3, 0.4) is 0 Å². The Kier molecular flexibility index (Phi) is 3.08. The predicted molar refractivity (Wildman–Crippen MR) is 89.5 cm³/mol. The molecule has 138 valence electrons. The third kappa shape index (κ3) is 2.29. The van der Waals surface area contributed by atoms with E-state index in [-0.39, 0.29) is 17.1 Å². The Bertz CT molecular complexity index is 1100. The third-order valence-corrected chi connectivity index (χ3v) is 5.09. The Balaban J connectivity index is 1.62. The van der Waals surface area contributed by atoms with Crippen LogP contribution in [0.25, 0.3) is 10.9 Å². The quantitative estimate of drug-likeness (QED) is 0.626. The second kappa shape index (κ2) is 5.18. The average Bonchev–Trinajstić information content (AvgIpc) is 2.99. The van der Waals surface area contributed by atoms with Crippen LogP contribution in [0.1, 0.15) is 33.4 Å². The Morgan fingerprint density at radius 3 is 2.78 bits per heavy atom. The van der Waals surface area contributed by atoms with Crippen molar-refractivity contribution in [2.45, 2.75) is 18.8 Å². The lowest BCUT2D eigenvalue weighted by atomic mass is 9.98. The summed E-state index contributed by atoms with van der Waals surface area (Å²) in [6, 6.07) is 7.89. The number of phenols is 1. The zero-order chi connectivity index (χ0) is 18.9. The first-order chi connectivity index (χ1) is 12.8. The topological polar surface area (TPSA) is 65.6 Å². The Morgan fingerprint density at radius 2 is 2.00 bits per heavy atom. The number of carbonyl (C=O) groups excluding carboxylic acids is 1. The minimum absolute atomic E-state index is 0.0849. The van der Waals surface area contributed by atoms with Gasteiger partial charge in [0.2, 0.25) is 6.23 Å². The molecule has 0 bridgehead atoms. The molecule has 1 aromatic heterocycles. The predicted octanol–water partition coefficient (Wildman–Crippen LogP) is 3.98. The van der Waals surface area contributed by atoms with Gasteiger partial charge in [0.1, 0.15) is 11.5 Å². The van der Waals surface area contributed by atoms with E-state index in [2.05, 4.69) is 4.98 Å². The summed E-state index contributed by atoms with van der Waals surface area (Å²) in [6.07, 6.45) is -4.75. The number of carbonyl (C=O) groups is 1. The molecule has 3 heterocycles. The van der Waals surface area contributed by atoms with Gasteiger partial charge in [0.05, 0.1) is 16.8 Å². The molecule has 1 unspecified atom stereocenters. The molecule has 1 amide bonds. The Morgan fingerprint density at radius 1 is 1.19 bits per heavy atom. The van der Waals surface area contributed by atoms with Gasteiger partial charge in [-0.1, -0.05) is 0 Å². The Hall–Kier alpha value is -3.16. The van der Waals surface area contributed by atoms with Crippen LogP contribution in [-0.2, 0) is 12.6 Å². The van der Waals surface area contributed by atoms with Crippen LogP contribution < -0.4 is 4.74 Å². The number of aromatic amines is 1. The second-order valence-corrected chi connectivity index (χ2v) is 6.67. The molecule has 0 saturated heterocycles. The lowest BCUT2D eigenvalue weighted by Crippen LogP contribution is -2.45. The molecule has 0 fully saturated rings. The molecule has 1 atom stereocenters. The van der Waals surface area contributed by atoms with Crippen LogP contribution in [0.15, 0.2) is 36.4 Å². The van der Waals surface area contributed by atoms with Gasteiger partial charge in [0.25, 0.3) is 5.91 Å². The van der Waals surface area contributed by atoms with E-state index >= 15 is 0 Å². The number of ether oxygens (including phenoxy) is 1. The standard InChI is InChI=1S/C19H13F3N2O3/c20-19(21,22)9-1-4-15-13(7-9)17(26)24-6-5-11-12-8-10(25)2-3-14(12)23-16(11)18(24)27-15/h1-4,7-8,18,23,25H,5-6H2. The molecule has 3 aromatic rings. The summed E-state index contributed by atoms with van der Waals surface area (Å²) in [4.78, 5) is 17.5. The third-order valence-electron chi connectivity index (χ3n) is 5.09. The molecule has 2 aliphatic rings. The maximum Gasteiger partial charge on any atom is 0.416 e. The van der Waals surface area contributed by atoms with Gasteiger partial charge in [-0.15, -0.1) is 0 Å².